The van der Waals surface area contributed by atoms with Crippen LogP contribution in [0.2, 0.25) is 0 Å². The fourth-order valence-electron chi connectivity index (χ4n) is 2.81. The van der Waals surface area contributed by atoms with Gasteiger partial charge in [0.2, 0.25) is 5.91 Å². The van der Waals surface area contributed by atoms with Crippen LogP contribution in [0.4, 0.5) is 0 Å². The molecular weight excluding hydrogens is 314 g/mol. The van der Waals surface area contributed by atoms with E-state index in [0.717, 1.165) is 11.1 Å². The van der Waals surface area contributed by atoms with Crippen molar-refractivity contribution in [3.8, 4) is 0 Å². The number of ether oxygens (including phenoxy) is 1. The summed E-state index contributed by atoms with van der Waals surface area (Å²) in [6.07, 6.45) is 1.80. The van der Waals surface area contributed by atoms with Crippen molar-refractivity contribution in [1.29, 1.82) is 0 Å². The standard InChI is InChI=1S/C21H21NO3/c23-20(18-9-5-2-6-10-18)15-19(17-7-3-1-4-8-17)16-21(24)22-11-13-25-14-12-22/h1-10,16H,11-15H2/b19-16+. The molecule has 0 radical (unpaired) electrons. The highest BCUT2D eigenvalue weighted by atomic mass is 16.5. The van der Waals surface area contributed by atoms with Gasteiger partial charge in [-0.25, -0.2) is 0 Å². The lowest BCUT2D eigenvalue weighted by molar-refractivity contribution is -0.129. The molecule has 0 spiro atoms. The topological polar surface area (TPSA) is 46.6 Å². The van der Waals surface area contributed by atoms with Crippen molar-refractivity contribution in [3.63, 3.8) is 0 Å². The molecule has 4 heteroatoms. The van der Waals surface area contributed by atoms with Crippen molar-refractivity contribution in [1.82, 2.24) is 4.90 Å². The fourth-order valence-corrected chi connectivity index (χ4v) is 2.81. The Bertz CT molecular complexity index is 747. The van der Waals surface area contributed by atoms with Crippen molar-refractivity contribution in [2.45, 2.75) is 6.42 Å². The van der Waals surface area contributed by atoms with Gasteiger partial charge in [0.15, 0.2) is 5.78 Å². The average molecular weight is 335 g/mol. The average Bonchev–Trinajstić information content (AvgIpc) is 2.69. The number of carbonyl (C=O) groups excluding carboxylic acids is 2. The molecule has 0 unspecified atom stereocenters. The molecule has 1 amide bonds. The summed E-state index contributed by atoms with van der Waals surface area (Å²) in [6, 6.07) is 18.8. The van der Waals surface area contributed by atoms with Gasteiger partial charge in [0, 0.05) is 31.1 Å². The largest absolute Gasteiger partial charge is 0.378 e. The third kappa shape index (κ3) is 4.64. The molecule has 0 saturated carbocycles. The van der Waals surface area contributed by atoms with Crippen LogP contribution in [0.3, 0.4) is 0 Å². The van der Waals surface area contributed by atoms with Crippen LogP contribution in [0.15, 0.2) is 66.7 Å². The molecule has 0 bridgehead atoms. The van der Waals surface area contributed by atoms with Gasteiger partial charge in [-0.3, -0.25) is 9.59 Å². The first-order valence-corrected chi connectivity index (χ1v) is 8.45. The van der Waals surface area contributed by atoms with Gasteiger partial charge in [0.1, 0.15) is 0 Å². The number of rotatable bonds is 5. The van der Waals surface area contributed by atoms with Gasteiger partial charge in [-0.1, -0.05) is 60.7 Å². The molecule has 1 heterocycles. The van der Waals surface area contributed by atoms with Gasteiger partial charge in [-0.05, 0) is 11.1 Å². The minimum atomic E-state index is -0.0667. The van der Waals surface area contributed by atoms with Gasteiger partial charge < -0.3 is 9.64 Å². The SMILES string of the molecule is O=C(C/C(=C\C(=O)N1CCOCC1)c1ccccc1)c1ccccc1. The maximum atomic E-state index is 12.6. The lowest BCUT2D eigenvalue weighted by Crippen LogP contribution is -2.39. The Morgan fingerprint density at radius 2 is 1.44 bits per heavy atom. The van der Waals surface area contributed by atoms with Crippen LogP contribution in [0.1, 0.15) is 22.3 Å². The Morgan fingerprint density at radius 3 is 2.04 bits per heavy atom. The summed E-state index contributed by atoms with van der Waals surface area (Å²) in [7, 11) is 0. The second kappa shape index (κ2) is 8.40. The zero-order chi connectivity index (χ0) is 17.5. The first-order valence-electron chi connectivity index (χ1n) is 8.45. The summed E-state index contributed by atoms with van der Waals surface area (Å²) in [5, 5.41) is 0. The van der Waals surface area contributed by atoms with Crippen molar-refractivity contribution >= 4 is 17.3 Å². The Balaban J connectivity index is 1.83. The number of hydrogen-bond acceptors (Lipinski definition) is 3. The third-order valence-corrected chi connectivity index (χ3v) is 4.21. The second-order valence-electron chi connectivity index (χ2n) is 5.94. The lowest BCUT2D eigenvalue weighted by atomic mass is 9.96. The van der Waals surface area contributed by atoms with Crippen LogP contribution < -0.4 is 0 Å². The van der Waals surface area contributed by atoms with Crippen LogP contribution in [0.25, 0.3) is 5.57 Å². The summed E-state index contributed by atoms with van der Waals surface area (Å²) >= 11 is 0. The second-order valence-corrected chi connectivity index (χ2v) is 5.94. The van der Waals surface area contributed by atoms with E-state index in [1.54, 1.807) is 23.1 Å². The Labute approximate surface area is 147 Å². The van der Waals surface area contributed by atoms with Crippen LogP contribution >= 0.6 is 0 Å². The Morgan fingerprint density at radius 1 is 0.880 bits per heavy atom. The Hall–Kier alpha value is -2.72. The highest BCUT2D eigenvalue weighted by Gasteiger charge is 2.17. The summed E-state index contributed by atoms with van der Waals surface area (Å²) in [4.78, 5) is 26.9. The van der Waals surface area contributed by atoms with Crippen LogP contribution in [0, 0.1) is 0 Å². The number of Topliss-reactive ketones (excluding diaryl/α,β-unsaturated/α-hetero) is 1. The molecule has 25 heavy (non-hydrogen) atoms. The molecule has 0 N–H and O–H groups in total. The van der Waals surface area contributed by atoms with Crippen molar-refractivity contribution in [2.75, 3.05) is 26.3 Å². The summed E-state index contributed by atoms with van der Waals surface area (Å²) in [6.45, 7) is 2.29. The van der Waals surface area contributed by atoms with E-state index in [0.29, 0.717) is 31.9 Å². The number of allylic oxidation sites excluding steroid dienone is 1. The maximum absolute atomic E-state index is 12.6. The van der Waals surface area contributed by atoms with Crippen molar-refractivity contribution < 1.29 is 14.3 Å². The van der Waals surface area contributed by atoms with Gasteiger partial charge in [-0.2, -0.15) is 0 Å². The molecule has 0 atom stereocenters. The minimum Gasteiger partial charge on any atom is -0.378 e. The first-order chi connectivity index (χ1) is 12.2. The van der Waals surface area contributed by atoms with Gasteiger partial charge in [-0.15, -0.1) is 0 Å². The summed E-state index contributed by atoms with van der Waals surface area (Å²) in [5.74, 6) is -0.0616. The molecule has 3 rings (SSSR count). The predicted octanol–water partition coefficient (Wildman–Crippen LogP) is 3.20. The van der Waals surface area contributed by atoms with Crippen LogP contribution in [-0.4, -0.2) is 42.9 Å². The van der Waals surface area contributed by atoms with Gasteiger partial charge in [0.05, 0.1) is 13.2 Å². The van der Waals surface area contributed by atoms with Gasteiger partial charge >= 0.3 is 0 Å². The molecule has 128 valence electrons. The molecule has 1 aliphatic rings. The minimum absolute atomic E-state index is 0.00507. The molecule has 1 saturated heterocycles. The van der Waals surface area contributed by atoms with Gasteiger partial charge in [0.25, 0.3) is 0 Å². The lowest BCUT2D eigenvalue weighted by Gasteiger charge is -2.26. The smallest absolute Gasteiger partial charge is 0.247 e. The fraction of sp³-hybridized carbons (Fsp3) is 0.238. The quantitative estimate of drug-likeness (QED) is 0.623. The van der Waals surface area contributed by atoms with Crippen LogP contribution in [-0.2, 0) is 9.53 Å². The maximum Gasteiger partial charge on any atom is 0.247 e. The summed E-state index contributed by atoms with van der Waals surface area (Å²) < 4.78 is 5.29. The molecular formula is C21H21NO3. The molecule has 2 aromatic rings. The molecule has 1 aliphatic heterocycles. The predicted molar refractivity (Wildman–Crippen MR) is 97.2 cm³/mol. The number of morpholine rings is 1. The normalized spacial score (nSPS) is 15.0. The highest BCUT2D eigenvalue weighted by molar-refractivity contribution is 6.05. The number of nitrogens with zero attached hydrogens (tertiary/aromatic N) is 1. The molecule has 0 aliphatic carbocycles. The van der Waals surface area contributed by atoms with Crippen molar-refractivity contribution in [3.05, 3.63) is 77.9 Å². The van der Waals surface area contributed by atoms with E-state index in [2.05, 4.69) is 0 Å². The van der Waals surface area contributed by atoms with Crippen molar-refractivity contribution in [2.24, 2.45) is 0 Å². The zero-order valence-electron chi connectivity index (χ0n) is 14.1. The first kappa shape index (κ1) is 17.1. The number of ketones is 1. The summed E-state index contributed by atoms with van der Waals surface area (Å²) in [5.41, 5.74) is 2.29. The van der Waals surface area contributed by atoms with E-state index >= 15 is 0 Å². The van der Waals surface area contributed by atoms with Crippen LogP contribution in [0.5, 0.6) is 0 Å². The molecule has 0 aromatic heterocycles. The van der Waals surface area contributed by atoms with E-state index < -0.39 is 0 Å². The molecule has 1 fully saturated rings. The van der Waals surface area contributed by atoms with E-state index in [-0.39, 0.29) is 18.1 Å². The third-order valence-electron chi connectivity index (χ3n) is 4.21. The van der Waals surface area contributed by atoms with E-state index in [1.165, 1.54) is 0 Å². The number of benzene rings is 2. The number of amides is 1. The van der Waals surface area contributed by atoms with E-state index in [4.69, 9.17) is 4.74 Å². The molecule has 2 aromatic carbocycles. The van der Waals surface area contributed by atoms with E-state index in [9.17, 15) is 9.59 Å². The van der Waals surface area contributed by atoms with E-state index in [1.807, 2.05) is 48.5 Å². The molecule has 4 nitrogen and oxygen atoms in total. The number of carbonyl (C=O) groups is 2. The Kier molecular flexibility index (Phi) is 5.75. The monoisotopic (exact) mass is 335 g/mol. The number of hydrogen-bond donors (Lipinski definition) is 0. The highest BCUT2D eigenvalue weighted by Crippen LogP contribution is 2.21. The zero-order valence-corrected chi connectivity index (χ0v) is 14.1.